The van der Waals surface area contributed by atoms with Crippen LogP contribution in [0, 0.1) is 0 Å². The molecular weight excluding hydrogens is 456 g/mol. The van der Waals surface area contributed by atoms with Crippen molar-refractivity contribution in [3.63, 3.8) is 0 Å². The van der Waals surface area contributed by atoms with E-state index in [0.717, 1.165) is 44.2 Å². The van der Waals surface area contributed by atoms with Crippen LogP contribution in [0.5, 0.6) is 5.75 Å². The van der Waals surface area contributed by atoms with Crippen LogP contribution in [0.25, 0.3) is 10.9 Å². The molecule has 0 aliphatic carbocycles. The van der Waals surface area contributed by atoms with Crippen molar-refractivity contribution < 1.29 is 14.3 Å². The Hall–Kier alpha value is -3.11. The Morgan fingerprint density at radius 1 is 0.971 bits per heavy atom. The van der Waals surface area contributed by atoms with Crippen LogP contribution >= 0.6 is 11.3 Å². The van der Waals surface area contributed by atoms with E-state index in [2.05, 4.69) is 15.9 Å². The Balaban J connectivity index is 1.39. The maximum atomic E-state index is 13.1. The van der Waals surface area contributed by atoms with Crippen molar-refractivity contribution in [3.05, 3.63) is 55.9 Å². The molecule has 0 atom stereocenters. The topological polar surface area (TPSA) is 86.0 Å². The van der Waals surface area contributed by atoms with Gasteiger partial charge in [0, 0.05) is 50.0 Å². The largest absolute Gasteiger partial charge is 0.495 e. The molecule has 1 aliphatic rings. The average molecular weight is 487 g/mol. The lowest BCUT2D eigenvalue weighted by atomic mass is 10.2. The molecule has 0 spiro atoms. The molecule has 1 fully saturated rings. The quantitative estimate of drug-likeness (QED) is 0.428. The van der Waals surface area contributed by atoms with Crippen molar-refractivity contribution >= 4 is 33.9 Å². The number of carbonyl (C=O) groups is 1. The number of carbonyl (C=O) groups excluding carboxylic acids is 1. The number of para-hydroxylation sites is 2. The van der Waals surface area contributed by atoms with E-state index in [0.29, 0.717) is 23.9 Å². The van der Waals surface area contributed by atoms with Crippen LogP contribution in [0.2, 0.25) is 0 Å². The van der Waals surface area contributed by atoms with Crippen molar-refractivity contribution in [1.29, 1.82) is 0 Å². The highest BCUT2D eigenvalue weighted by atomic mass is 32.1. The van der Waals surface area contributed by atoms with E-state index in [1.165, 1.54) is 27.6 Å². The molecule has 1 aromatic carbocycles. The maximum absolute atomic E-state index is 13.1. The van der Waals surface area contributed by atoms with E-state index >= 15 is 0 Å². The van der Waals surface area contributed by atoms with Crippen LogP contribution in [0.3, 0.4) is 0 Å². The summed E-state index contributed by atoms with van der Waals surface area (Å²) in [5, 5.41) is 4.06. The fraction of sp³-hybridized carbons (Fsp3) is 0.458. The summed E-state index contributed by atoms with van der Waals surface area (Å²) in [6, 6.07) is 8.04. The van der Waals surface area contributed by atoms with Gasteiger partial charge in [-0.25, -0.2) is 4.79 Å². The van der Waals surface area contributed by atoms with Crippen LogP contribution in [-0.2, 0) is 22.6 Å². The van der Waals surface area contributed by atoms with Gasteiger partial charge in [0.15, 0.2) is 0 Å². The zero-order valence-corrected chi connectivity index (χ0v) is 20.4. The monoisotopic (exact) mass is 486 g/mol. The number of methoxy groups -OCH3 is 2. The van der Waals surface area contributed by atoms with E-state index in [9.17, 15) is 14.4 Å². The van der Waals surface area contributed by atoms with Crippen LogP contribution in [-0.4, -0.2) is 66.9 Å². The molecule has 1 saturated heterocycles. The van der Waals surface area contributed by atoms with Crippen molar-refractivity contribution in [2.45, 2.75) is 25.9 Å². The van der Waals surface area contributed by atoms with Gasteiger partial charge in [-0.2, -0.15) is 0 Å². The molecule has 0 radical (unpaired) electrons. The minimum Gasteiger partial charge on any atom is -0.495 e. The van der Waals surface area contributed by atoms with Crippen LogP contribution in [0.1, 0.15) is 12.8 Å². The number of piperazine rings is 1. The van der Waals surface area contributed by atoms with Crippen LogP contribution in [0.4, 0.5) is 5.69 Å². The zero-order valence-electron chi connectivity index (χ0n) is 19.6. The van der Waals surface area contributed by atoms with Gasteiger partial charge in [0.25, 0.3) is 5.56 Å². The molecule has 1 aliphatic heterocycles. The van der Waals surface area contributed by atoms with Crippen LogP contribution in [0.15, 0.2) is 44.6 Å². The lowest BCUT2D eigenvalue weighted by Crippen LogP contribution is -2.47. The maximum Gasteiger partial charge on any atom is 0.331 e. The first-order valence-corrected chi connectivity index (χ1v) is 12.3. The van der Waals surface area contributed by atoms with Gasteiger partial charge < -0.3 is 14.4 Å². The summed E-state index contributed by atoms with van der Waals surface area (Å²) in [5.74, 6) is 0.489. The summed E-state index contributed by atoms with van der Waals surface area (Å²) in [6.07, 6.45) is 0.770. The van der Waals surface area contributed by atoms with Gasteiger partial charge in [0.1, 0.15) is 5.75 Å². The number of aryl methyl sites for hydroxylation is 1. The number of esters is 1. The Kier molecular flexibility index (Phi) is 7.69. The zero-order chi connectivity index (χ0) is 24.1. The number of thiophene rings is 1. The third-order valence-electron chi connectivity index (χ3n) is 6.29. The Labute approximate surface area is 201 Å². The lowest BCUT2D eigenvalue weighted by molar-refractivity contribution is -0.140. The van der Waals surface area contributed by atoms with Gasteiger partial charge in [-0.1, -0.05) is 12.1 Å². The standard InChI is InChI=1S/C24H30N4O5S/c1-32-21-7-4-3-6-19(21)26-14-12-25(13-15-26)9-5-10-28-23(30)18-16-34-17-20(18)27(24(28)31)11-8-22(29)33-2/h3-4,6-7,16-17H,5,8-15H2,1-2H3. The summed E-state index contributed by atoms with van der Waals surface area (Å²) in [6.45, 7) is 4.91. The molecule has 0 bridgehead atoms. The van der Waals surface area contributed by atoms with E-state index in [1.54, 1.807) is 17.9 Å². The van der Waals surface area contributed by atoms with Gasteiger partial charge in [-0.3, -0.25) is 23.6 Å². The van der Waals surface area contributed by atoms with E-state index < -0.39 is 0 Å². The number of hydrogen-bond donors (Lipinski definition) is 0. The van der Waals surface area contributed by atoms with Gasteiger partial charge in [-0.15, -0.1) is 11.3 Å². The van der Waals surface area contributed by atoms with Gasteiger partial charge >= 0.3 is 11.7 Å². The second kappa shape index (κ2) is 10.9. The lowest BCUT2D eigenvalue weighted by Gasteiger charge is -2.36. The minimum atomic E-state index is -0.389. The molecule has 0 unspecified atom stereocenters. The molecule has 2 aromatic heterocycles. The number of hydrogen-bond acceptors (Lipinski definition) is 8. The predicted octanol–water partition coefficient (Wildman–Crippen LogP) is 2.01. The molecule has 3 heterocycles. The Morgan fingerprint density at radius 3 is 2.47 bits per heavy atom. The second-order valence-electron chi connectivity index (χ2n) is 8.24. The summed E-state index contributed by atoms with van der Waals surface area (Å²) in [7, 11) is 3.01. The molecule has 0 N–H and O–H groups in total. The summed E-state index contributed by atoms with van der Waals surface area (Å²) < 4.78 is 13.0. The molecular formula is C24H30N4O5S. The molecule has 182 valence electrons. The van der Waals surface area contributed by atoms with E-state index in [4.69, 9.17) is 9.47 Å². The molecule has 4 rings (SSSR count). The van der Waals surface area contributed by atoms with Crippen molar-refractivity contribution in [2.75, 3.05) is 51.8 Å². The third-order valence-corrected chi connectivity index (χ3v) is 7.02. The molecule has 9 nitrogen and oxygen atoms in total. The van der Waals surface area contributed by atoms with Crippen molar-refractivity contribution in [2.24, 2.45) is 0 Å². The van der Waals surface area contributed by atoms with Crippen LogP contribution < -0.4 is 20.9 Å². The number of aromatic nitrogens is 2. The smallest absolute Gasteiger partial charge is 0.331 e. The van der Waals surface area contributed by atoms with Gasteiger partial charge in [0.2, 0.25) is 0 Å². The minimum absolute atomic E-state index is 0.0794. The number of rotatable bonds is 9. The first-order valence-electron chi connectivity index (χ1n) is 11.4. The first-order chi connectivity index (χ1) is 16.5. The molecule has 10 heteroatoms. The highest BCUT2D eigenvalue weighted by Crippen LogP contribution is 2.28. The summed E-state index contributed by atoms with van der Waals surface area (Å²) in [5.41, 5.74) is 1.04. The predicted molar refractivity (Wildman–Crippen MR) is 133 cm³/mol. The molecule has 34 heavy (non-hydrogen) atoms. The number of nitrogens with zero attached hydrogens (tertiary/aromatic N) is 4. The van der Waals surface area contributed by atoms with E-state index in [1.807, 2.05) is 18.2 Å². The van der Waals surface area contributed by atoms with Crippen molar-refractivity contribution in [1.82, 2.24) is 14.0 Å². The Morgan fingerprint density at radius 2 is 1.74 bits per heavy atom. The highest BCUT2D eigenvalue weighted by molar-refractivity contribution is 7.09. The number of anilines is 1. The fourth-order valence-corrected chi connectivity index (χ4v) is 5.22. The first kappa shape index (κ1) is 24.0. The number of ether oxygens (including phenoxy) is 2. The molecule has 0 amide bonds. The SMILES string of the molecule is COC(=O)CCn1c(=O)n(CCCN2CCN(c3ccccc3OC)CC2)c(=O)c2cscc21. The molecule has 0 saturated carbocycles. The van der Waals surface area contributed by atoms with E-state index in [-0.39, 0.29) is 30.2 Å². The number of fused-ring (bicyclic) bond motifs is 1. The third kappa shape index (κ3) is 5.02. The summed E-state index contributed by atoms with van der Waals surface area (Å²) >= 11 is 1.38. The average Bonchev–Trinajstić information content (AvgIpc) is 3.36. The summed E-state index contributed by atoms with van der Waals surface area (Å²) in [4.78, 5) is 42.3. The molecule has 3 aromatic rings. The number of benzene rings is 1. The normalized spacial score (nSPS) is 14.5. The highest BCUT2D eigenvalue weighted by Gasteiger charge is 2.20. The van der Waals surface area contributed by atoms with Gasteiger partial charge in [0.05, 0.1) is 37.2 Å². The second-order valence-corrected chi connectivity index (χ2v) is 8.99. The fourth-order valence-electron chi connectivity index (χ4n) is 4.41. The van der Waals surface area contributed by atoms with Crippen molar-refractivity contribution in [3.8, 4) is 5.75 Å². The Bertz CT molecular complexity index is 1260. The van der Waals surface area contributed by atoms with Gasteiger partial charge in [-0.05, 0) is 25.1 Å².